The molecule has 0 aliphatic rings. The van der Waals surface area contributed by atoms with Gasteiger partial charge in [0, 0.05) is 11.1 Å². The molecule has 0 bridgehead atoms. The highest BCUT2D eigenvalue weighted by Gasteiger charge is 2.34. The molecule has 1 aromatic heterocycles. The molecule has 4 nitrogen and oxygen atoms in total. The van der Waals surface area contributed by atoms with E-state index in [0.29, 0.717) is 22.7 Å². The number of benzene rings is 2. The minimum absolute atomic E-state index is 0.284. The average Bonchev–Trinajstić information content (AvgIpc) is 2.97. The van der Waals surface area contributed by atoms with Crippen molar-refractivity contribution in [2.75, 3.05) is 5.32 Å². The second-order valence-corrected chi connectivity index (χ2v) is 6.95. The van der Waals surface area contributed by atoms with E-state index < -0.39 is 23.2 Å². The van der Waals surface area contributed by atoms with Crippen LogP contribution < -0.4 is 5.32 Å². The normalized spacial score (nSPS) is 12.4. The number of rotatable bonds is 2. The average molecular weight is 362 g/mol. The van der Waals surface area contributed by atoms with Crippen LogP contribution in [-0.2, 0) is 11.6 Å². The minimum atomic E-state index is -4.61. The van der Waals surface area contributed by atoms with Crippen molar-refractivity contribution in [3.8, 4) is 0 Å². The fourth-order valence-electron chi connectivity index (χ4n) is 2.45. The standard InChI is InChI=1S/C19H17F3N2O2/c1-18(2,3)17-24-14-10-11(8-9-15(14)26-17)23-16(25)12-6-4-5-7-13(12)19(20,21)22/h4-10H,1-3H3,(H,23,25). The monoisotopic (exact) mass is 362 g/mol. The molecule has 0 saturated carbocycles. The highest BCUT2D eigenvalue weighted by Crippen LogP contribution is 2.32. The summed E-state index contributed by atoms with van der Waals surface area (Å²) >= 11 is 0. The molecule has 0 aliphatic heterocycles. The van der Waals surface area contributed by atoms with Crippen LogP contribution in [0.5, 0.6) is 0 Å². The molecular formula is C19H17F3N2O2. The van der Waals surface area contributed by atoms with E-state index >= 15 is 0 Å². The number of carbonyl (C=O) groups excluding carboxylic acids is 1. The Morgan fingerprint density at radius 3 is 2.42 bits per heavy atom. The second-order valence-electron chi connectivity index (χ2n) is 6.95. The fourth-order valence-corrected chi connectivity index (χ4v) is 2.45. The van der Waals surface area contributed by atoms with E-state index in [9.17, 15) is 18.0 Å². The maximum absolute atomic E-state index is 13.1. The Hall–Kier alpha value is -2.83. The number of alkyl halides is 3. The maximum atomic E-state index is 13.1. The summed E-state index contributed by atoms with van der Waals surface area (Å²) in [4.78, 5) is 16.7. The van der Waals surface area contributed by atoms with E-state index in [0.717, 1.165) is 12.1 Å². The van der Waals surface area contributed by atoms with E-state index in [1.54, 1.807) is 18.2 Å². The Labute approximate surface area is 148 Å². The molecule has 136 valence electrons. The zero-order chi connectivity index (χ0) is 19.1. The van der Waals surface area contributed by atoms with Gasteiger partial charge in [-0.3, -0.25) is 4.79 Å². The van der Waals surface area contributed by atoms with Crippen molar-refractivity contribution in [3.63, 3.8) is 0 Å². The van der Waals surface area contributed by atoms with Crippen LogP contribution in [0.4, 0.5) is 18.9 Å². The number of anilines is 1. The van der Waals surface area contributed by atoms with Gasteiger partial charge in [0.15, 0.2) is 5.58 Å². The van der Waals surface area contributed by atoms with Gasteiger partial charge < -0.3 is 9.73 Å². The summed E-state index contributed by atoms with van der Waals surface area (Å²) in [5.74, 6) is -0.296. The largest absolute Gasteiger partial charge is 0.440 e. The Morgan fingerprint density at radius 2 is 1.77 bits per heavy atom. The number of halogens is 3. The predicted molar refractivity (Wildman–Crippen MR) is 92.1 cm³/mol. The van der Waals surface area contributed by atoms with Gasteiger partial charge in [0.05, 0.1) is 11.1 Å². The molecule has 0 radical (unpaired) electrons. The molecule has 1 heterocycles. The van der Waals surface area contributed by atoms with Gasteiger partial charge in [-0.1, -0.05) is 32.9 Å². The minimum Gasteiger partial charge on any atom is -0.440 e. The topological polar surface area (TPSA) is 55.1 Å². The molecule has 0 saturated heterocycles. The van der Waals surface area contributed by atoms with Gasteiger partial charge >= 0.3 is 6.18 Å². The molecule has 1 amide bonds. The molecule has 0 aliphatic carbocycles. The number of hydrogen-bond donors (Lipinski definition) is 1. The van der Waals surface area contributed by atoms with Crippen LogP contribution in [0.15, 0.2) is 46.9 Å². The SMILES string of the molecule is CC(C)(C)c1nc2cc(NC(=O)c3ccccc3C(F)(F)F)ccc2o1. The second kappa shape index (κ2) is 6.16. The van der Waals surface area contributed by atoms with Crippen molar-refractivity contribution >= 4 is 22.7 Å². The summed E-state index contributed by atoms with van der Waals surface area (Å²) in [5.41, 5.74) is -0.284. The number of hydrogen-bond acceptors (Lipinski definition) is 3. The van der Waals surface area contributed by atoms with Crippen molar-refractivity contribution in [3.05, 3.63) is 59.5 Å². The zero-order valence-corrected chi connectivity index (χ0v) is 14.4. The van der Waals surface area contributed by atoms with Gasteiger partial charge in [-0.2, -0.15) is 13.2 Å². The van der Waals surface area contributed by atoms with E-state index in [-0.39, 0.29) is 5.41 Å². The van der Waals surface area contributed by atoms with Gasteiger partial charge in [0.25, 0.3) is 5.91 Å². The summed E-state index contributed by atoms with van der Waals surface area (Å²) in [5, 5.41) is 2.49. The van der Waals surface area contributed by atoms with Gasteiger partial charge in [-0.25, -0.2) is 4.98 Å². The molecule has 1 N–H and O–H groups in total. The van der Waals surface area contributed by atoms with Gasteiger partial charge in [0.2, 0.25) is 5.89 Å². The molecule has 0 fully saturated rings. The third-order valence-electron chi connectivity index (χ3n) is 3.76. The summed E-state index contributed by atoms with van der Waals surface area (Å²) in [7, 11) is 0. The number of nitrogens with one attached hydrogen (secondary N) is 1. The predicted octanol–water partition coefficient (Wildman–Crippen LogP) is 5.40. The number of nitrogens with zero attached hydrogens (tertiary/aromatic N) is 1. The number of aromatic nitrogens is 1. The third kappa shape index (κ3) is 3.56. The molecule has 26 heavy (non-hydrogen) atoms. The van der Waals surface area contributed by atoms with E-state index in [1.165, 1.54) is 12.1 Å². The van der Waals surface area contributed by atoms with Crippen molar-refractivity contribution in [1.29, 1.82) is 0 Å². The van der Waals surface area contributed by atoms with Crippen LogP contribution in [0.25, 0.3) is 11.1 Å². The van der Waals surface area contributed by atoms with Crippen molar-refractivity contribution in [2.45, 2.75) is 32.4 Å². The number of carbonyl (C=O) groups is 1. The highest BCUT2D eigenvalue weighted by molar-refractivity contribution is 6.06. The molecule has 0 unspecified atom stereocenters. The lowest BCUT2D eigenvalue weighted by molar-refractivity contribution is -0.137. The first-order valence-electron chi connectivity index (χ1n) is 7.94. The molecule has 3 rings (SSSR count). The van der Waals surface area contributed by atoms with E-state index in [4.69, 9.17) is 4.42 Å². The Balaban J connectivity index is 1.91. The summed E-state index contributed by atoms with van der Waals surface area (Å²) in [6.07, 6.45) is -4.61. The van der Waals surface area contributed by atoms with Crippen molar-refractivity contribution in [1.82, 2.24) is 4.98 Å². The Kier molecular flexibility index (Phi) is 4.26. The first kappa shape index (κ1) is 18.0. The molecule has 7 heteroatoms. The van der Waals surface area contributed by atoms with Gasteiger partial charge in [-0.15, -0.1) is 0 Å². The van der Waals surface area contributed by atoms with Gasteiger partial charge in [-0.05, 0) is 30.3 Å². The van der Waals surface area contributed by atoms with E-state index in [1.807, 2.05) is 20.8 Å². The van der Waals surface area contributed by atoms with Crippen LogP contribution in [0.1, 0.15) is 42.6 Å². The molecule has 2 aromatic carbocycles. The lowest BCUT2D eigenvalue weighted by Gasteiger charge is -2.12. The smallest absolute Gasteiger partial charge is 0.417 e. The highest BCUT2D eigenvalue weighted by atomic mass is 19.4. The lowest BCUT2D eigenvalue weighted by atomic mass is 9.97. The molecule has 0 spiro atoms. The zero-order valence-electron chi connectivity index (χ0n) is 14.4. The molecule has 0 atom stereocenters. The third-order valence-corrected chi connectivity index (χ3v) is 3.76. The first-order chi connectivity index (χ1) is 12.1. The summed E-state index contributed by atoms with van der Waals surface area (Å²) in [6, 6.07) is 9.42. The van der Waals surface area contributed by atoms with Gasteiger partial charge in [0.1, 0.15) is 5.52 Å². The number of fused-ring (bicyclic) bond motifs is 1. The van der Waals surface area contributed by atoms with Crippen LogP contribution in [0.2, 0.25) is 0 Å². The van der Waals surface area contributed by atoms with Crippen LogP contribution in [0, 0.1) is 0 Å². The lowest BCUT2D eigenvalue weighted by Crippen LogP contribution is -2.18. The van der Waals surface area contributed by atoms with Crippen LogP contribution in [0.3, 0.4) is 0 Å². The Bertz CT molecular complexity index is 969. The number of amides is 1. The fraction of sp³-hybridized carbons (Fsp3) is 0.263. The molecule has 3 aromatic rings. The van der Waals surface area contributed by atoms with Crippen LogP contribution in [-0.4, -0.2) is 10.9 Å². The van der Waals surface area contributed by atoms with E-state index in [2.05, 4.69) is 10.3 Å². The Morgan fingerprint density at radius 1 is 1.08 bits per heavy atom. The number of oxazole rings is 1. The summed E-state index contributed by atoms with van der Waals surface area (Å²) < 4.78 is 44.9. The quantitative estimate of drug-likeness (QED) is 0.664. The van der Waals surface area contributed by atoms with Crippen molar-refractivity contribution < 1.29 is 22.4 Å². The van der Waals surface area contributed by atoms with Crippen LogP contribution >= 0.6 is 0 Å². The molecular weight excluding hydrogens is 345 g/mol. The van der Waals surface area contributed by atoms with Crippen molar-refractivity contribution in [2.24, 2.45) is 0 Å². The summed E-state index contributed by atoms with van der Waals surface area (Å²) in [6.45, 7) is 5.86. The maximum Gasteiger partial charge on any atom is 0.417 e. The first-order valence-corrected chi connectivity index (χ1v) is 7.94.